The van der Waals surface area contributed by atoms with Crippen molar-refractivity contribution in [3.8, 4) is 17.6 Å². The number of halogens is 2. The van der Waals surface area contributed by atoms with Crippen LogP contribution >= 0.6 is 23.2 Å². The zero-order valence-electron chi connectivity index (χ0n) is 17.5. The van der Waals surface area contributed by atoms with Crippen molar-refractivity contribution in [3.05, 3.63) is 99.0 Å². The molecule has 8 heteroatoms. The molecule has 3 rings (SSSR count). The summed E-state index contributed by atoms with van der Waals surface area (Å²) in [4.78, 5) is 24.9. The molecule has 1 N–H and O–H groups in total. The van der Waals surface area contributed by atoms with Crippen molar-refractivity contribution >= 4 is 41.2 Å². The van der Waals surface area contributed by atoms with Crippen LogP contribution in [0.1, 0.15) is 21.5 Å². The number of nitriles is 1. The van der Waals surface area contributed by atoms with E-state index in [0.29, 0.717) is 17.1 Å². The molecule has 0 aliphatic carbocycles. The summed E-state index contributed by atoms with van der Waals surface area (Å²) in [5, 5.41) is 12.7. The second-order valence-electron chi connectivity index (χ2n) is 6.76. The highest BCUT2D eigenvalue weighted by Gasteiger charge is 2.16. The lowest BCUT2D eigenvalue weighted by atomic mass is 10.1. The van der Waals surface area contributed by atoms with Crippen molar-refractivity contribution in [2.45, 2.75) is 6.54 Å². The Morgan fingerprint density at radius 2 is 1.79 bits per heavy atom. The van der Waals surface area contributed by atoms with E-state index >= 15 is 0 Å². The van der Waals surface area contributed by atoms with Gasteiger partial charge < -0.3 is 14.8 Å². The molecule has 0 bridgehead atoms. The second-order valence-corrected chi connectivity index (χ2v) is 7.61. The van der Waals surface area contributed by atoms with Gasteiger partial charge in [0.25, 0.3) is 5.91 Å². The minimum atomic E-state index is -0.684. The van der Waals surface area contributed by atoms with Gasteiger partial charge in [-0.1, -0.05) is 59.6 Å². The predicted molar refractivity (Wildman–Crippen MR) is 126 cm³/mol. The van der Waals surface area contributed by atoms with Crippen molar-refractivity contribution in [2.24, 2.45) is 0 Å². The van der Waals surface area contributed by atoms with Crippen LogP contribution in [0.4, 0.5) is 0 Å². The average Bonchev–Trinajstić information content (AvgIpc) is 2.82. The molecule has 0 atom stereocenters. The van der Waals surface area contributed by atoms with Crippen LogP contribution in [-0.2, 0) is 11.3 Å². The highest BCUT2D eigenvalue weighted by molar-refractivity contribution is 6.36. The number of esters is 1. The highest BCUT2D eigenvalue weighted by Crippen LogP contribution is 2.31. The van der Waals surface area contributed by atoms with Gasteiger partial charge in [0.2, 0.25) is 0 Å². The number of carbonyl (C=O) groups excluding carboxylic acids is 2. The number of benzene rings is 3. The quantitative estimate of drug-likeness (QED) is 0.210. The third-order valence-corrected chi connectivity index (χ3v) is 5.06. The summed E-state index contributed by atoms with van der Waals surface area (Å²) in [5.74, 6) is -0.800. The molecule has 0 aliphatic rings. The topological polar surface area (TPSA) is 88.4 Å². The smallest absolute Gasteiger partial charge is 0.345 e. The molecular formula is C25H18Cl2N2O4. The van der Waals surface area contributed by atoms with E-state index in [-0.39, 0.29) is 27.7 Å². The summed E-state index contributed by atoms with van der Waals surface area (Å²) < 4.78 is 10.7. The van der Waals surface area contributed by atoms with Gasteiger partial charge in [-0.2, -0.15) is 5.26 Å². The Morgan fingerprint density at radius 1 is 1.03 bits per heavy atom. The Bertz CT molecular complexity index is 1250. The van der Waals surface area contributed by atoms with E-state index in [2.05, 4.69) is 5.32 Å². The minimum absolute atomic E-state index is 0.0781. The number of carbonyl (C=O) groups is 2. The van der Waals surface area contributed by atoms with Crippen molar-refractivity contribution in [2.75, 3.05) is 7.11 Å². The van der Waals surface area contributed by atoms with Gasteiger partial charge >= 0.3 is 5.97 Å². The first kappa shape index (κ1) is 23.9. The van der Waals surface area contributed by atoms with Crippen LogP contribution in [0.25, 0.3) is 6.08 Å². The number of hydrogen-bond donors (Lipinski definition) is 1. The van der Waals surface area contributed by atoms with E-state index in [0.717, 1.165) is 5.56 Å². The van der Waals surface area contributed by atoms with Crippen molar-refractivity contribution < 1.29 is 19.1 Å². The molecule has 166 valence electrons. The van der Waals surface area contributed by atoms with E-state index in [1.165, 1.54) is 37.5 Å². The van der Waals surface area contributed by atoms with Gasteiger partial charge in [0.05, 0.1) is 17.7 Å². The average molecular weight is 481 g/mol. The molecule has 1 amide bonds. The first-order chi connectivity index (χ1) is 15.9. The lowest BCUT2D eigenvalue weighted by Crippen LogP contribution is -2.23. The maximum Gasteiger partial charge on any atom is 0.345 e. The highest BCUT2D eigenvalue weighted by atomic mass is 35.5. The van der Waals surface area contributed by atoms with Crippen molar-refractivity contribution in [1.29, 1.82) is 5.26 Å². The Balaban J connectivity index is 1.76. The van der Waals surface area contributed by atoms with Crippen LogP contribution < -0.4 is 14.8 Å². The Morgan fingerprint density at radius 3 is 2.45 bits per heavy atom. The molecule has 0 fully saturated rings. The maximum absolute atomic E-state index is 12.5. The number of nitrogens with one attached hydrogen (secondary N) is 1. The Labute approximate surface area is 201 Å². The first-order valence-electron chi connectivity index (χ1n) is 9.70. The molecule has 0 aromatic heterocycles. The molecule has 0 saturated carbocycles. The monoisotopic (exact) mass is 480 g/mol. The van der Waals surface area contributed by atoms with Gasteiger partial charge in [-0.15, -0.1) is 0 Å². The fourth-order valence-electron chi connectivity index (χ4n) is 2.86. The number of ether oxygens (including phenoxy) is 2. The van der Waals surface area contributed by atoms with E-state index in [1.807, 2.05) is 36.4 Å². The normalized spacial score (nSPS) is 10.8. The standard InChI is InChI=1S/C25H18Cl2N2O4/c1-32-23-12-17(11-18(14-28)24(30)29-15-16-5-3-2-4-6-16)7-10-22(23)33-25(31)20-9-8-19(26)13-21(20)27/h2-13H,15H2,1H3,(H,29,30)/b18-11+. The number of hydrogen-bond acceptors (Lipinski definition) is 5. The predicted octanol–water partition coefficient (Wildman–Crippen LogP) is 5.44. The van der Waals surface area contributed by atoms with Gasteiger partial charge in [0, 0.05) is 11.6 Å². The molecule has 0 spiro atoms. The Hall–Kier alpha value is -3.79. The van der Waals surface area contributed by atoms with E-state index < -0.39 is 11.9 Å². The lowest BCUT2D eigenvalue weighted by molar-refractivity contribution is -0.117. The molecule has 0 heterocycles. The van der Waals surface area contributed by atoms with E-state index in [1.54, 1.807) is 12.1 Å². The van der Waals surface area contributed by atoms with Crippen LogP contribution in [0.2, 0.25) is 10.0 Å². The minimum Gasteiger partial charge on any atom is -0.493 e. The molecule has 0 radical (unpaired) electrons. The van der Waals surface area contributed by atoms with E-state index in [4.69, 9.17) is 32.7 Å². The molecule has 6 nitrogen and oxygen atoms in total. The SMILES string of the molecule is COc1cc(/C=C(\C#N)C(=O)NCc2ccccc2)ccc1OC(=O)c1ccc(Cl)cc1Cl. The Kier molecular flexibility index (Phi) is 8.09. The van der Waals surface area contributed by atoms with Gasteiger partial charge in [-0.05, 0) is 47.5 Å². The van der Waals surface area contributed by atoms with Crippen LogP contribution in [0.15, 0.2) is 72.3 Å². The molecule has 33 heavy (non-hydrogen) atoms. The summed E-state index contributed by atoms with van der Waals surface area (Å²) in [6, 6.07) is 20.3. The third-order valence-electron chi connectivity index (χ3n) is 4.51. The largest absolute Gasteiger partial charge is 0.493 e. The molecule has 3 aromatic carbocycles. The van der Waals surface area contributed by atoms with Gasteiger partial charge in [-0.25, -0.2) is 4.79 Å². The van der Waals surface area contributed by atoms with Crippen molar-refractivity contribution in [3.63, 3.8) is 0 Å². The van der Waals surface area contributed by atoms with Gasteiger partial charge in [0.1, 0.15) is 11.6 Å². The molecule has 3 aromatic rings. The van der Waals surface area contributed by atoms with Gasteiger partial charge in [0.15, 0.2) is 11.5 Å². The lowest BCUT2D eigenvalue weighted by Gasteiger charge is -2.11. The number of nitrogens with zero attached hydrogens (tertiary/aromatic N) is 1. The number of amides is 1. The van der Waals surface area contributed by atoms with Crippen LogP contribution in [0.3, 0.4) is 0 Å². The fraction of sp³-hybridized carbons (Fsp3) is 0.0800. The van der Waals surface area contributed by atoms with Gasteiger partial charge in [-0.3, -0.25) is 4.79 Å². The van der Waals surface area contributed by atoms with Crippen LogP contribution in [0, 0.1) is 11.3 Å². The summed E-state index contributed by atoms with van der Waals surface area (Å²) in [6.07, 6.45) is 1.42. The zero-order valence-corrected chi connectivity index (χ0v) is 19.0. The summed E-state index contributed by atoms with van der Waals surface area (Å²) in [7, 11) is 1.41. The number of methoxy groups -OCH3 is 1. The molecular weight excluding hydrogens is 463 g/mol. The van der Waals surface area contributed by atoms with E-state index in [9.17, 15) is 14.9 Å². The first-order valence-corrected chi connectivity index (χ1v) is 10.5. The summed E-state index contributed by atoms with van der Waals surface area (Å²) in [6.45, 7) is 0.296. The zero-order chi connectivity index (χ0) is 23.8. The second kappa shape index (κ2) is 11.2. The molecule has 0 unspecified atom stereocenters. The van der Waals surface area contributed by atoms with Crippen LogP contribution in [-0.4, -0.2) is 19.0 Å². The molecule has 0 aliphatic heterocycles. The summed E-state index contributed by atoms with van der Waals surface area (Å²) >= 11 is 11.9. The maximum atomic E-state index is 12.5. The summed E-state index contributed by atoms with van der Waals surface area (Å²) in [5.41, 5.74) is 1.50. The third kappa shape index (κ3) is 6.36. The van der Waals surface area contributed by atoms with Crippen LogP contribution in [0.5, 0.6) is 11.5 Å². The fourth-order valence-corrected chi connectivity index (χ4v) is 3.34. The molecule has 0 saturated heterocycles. The van der Waals surface area contributed by atoms with Crippen molar-refractivity contribution in [1.82, 2.24) is 5.32 Å². The number of rotatable bonds is 7.